The molecule has 6 rings (SSSR count). The van der Waals surface area contributed by atoms with Crippen molar-refractivity contribution in [3.63, 3.8) is 0 Å². The van der Waals surface area contributed by atoms with Gasteiger partial charge in [-0.25, -0.2) is 22.5 Å². The molecule has 0 saturated carbocycles. The molecular formula is C25H29F3N6O7S. The summed E-state index contributed by atoms with van der Waals surface area (Å²) in [4.78, 5) is 0. The standard InChI is InChI=1S/C25H29F3N6O7S/c1-9(2)13-5-33(31-29-13)18-20(36)15(7-35)39-16(21(18)37)8-42-25-22(38)19(23-24(40-23)41-25)34-6-14(30-32-34)10-3-11(26)17(28)12(27)4-10/h3-6,9,15-16,18-25,35-38H,7-8H2,1-2H3/t15-,16+,18?,19?,20?,21+,22?,23-,24?,25+/m1/s1. The molecular weight excluding hydrogens is 585 g/mol. The van der Waals surface area contributed by atoms with Crippen LogP contribution in [0.1, 0.15) is 37.5 Å². The fourth-order valence-corrected chi connectivity index (χ4v) is 6.45. The van der Waals surface area contributed by atoms with Crippen LogP contribution >= 0.6 is 11.8 Å². The van der Waals surface area contributed by atoms with Gasteiger partial charge in [-0.3, -0.25) is 0 Å². The molecule has 42 heavy (non-hydrogen) atoms. The summed E-state index contributed by atoms with van der Waals surface area (Å²) >= 11 is 1.13. The number of aromatic nitrogens is 6. The van der Waals surface area contributed by atoms with E-state index in [1.165, 1.54) is 15.6 Å². The summed E-state index contributed by atoms with van der Waals surface area (Å²) in [6.07, 6.45) is -3.83. The third-order valence-electron chi connectivity index (χ3n) is 7.65. The number of hydrogen-bond donors (Lipinski definition) is 4. The van der Waals surface area contributed by atoms with Crippen molar-refractivity contribution in [2.24, 2.45) is 0 Å². The lowest BCUT2D eigenvalue weighted by Gasteiger charge is -2.42. The van der Waals surface area contributed by atoms with Crippen LogP contribution in [-0.2, 0) is 14.2 Å². The van der Waals surface area contributed by atoms with Crippen molar-refractivity contribution in [3.05, 3.63) is 47.7 Å². The fourth-order valence-electron chi connectivity index (χ4n) is 5.25. The van der Waals surface area contributed by atoms with Crippen molar-refractivity contribution in [2.45, 2.75) is 80.2 Å². The molecule has 4 N–H and O–H groups in total. The first-order valence-corrected chi connectivity index (χ1v) is 14.3. The van der Waals surface area contributed by atoms with E-state index in [4.69, 9.17) is 14.2 Å². The van der Waals surface area contributed by atoms with E-state index in [1.807, 2.05) is 13.8 Å². The lowest BCUT2D eigenvalue weighted by atomic mass is 9.93. The summed E-state index contributed by atoms with van der Waals surface area (Å²) in [7, 11) is 0. The van der Waals surface area contributed by atoms with Crippen LogP contribution in [-0.4, -0.2) is 111 Å². The third-order valence-corrected chi connectivity index (χ3v) is 8.89. The number of ether oxygens (including phenoxy) is 3. The molecule has 0 amide bonds. The van der Waals surface area contributed by atoms with E-state index in [1.54, 1.807) is 6.20 Å². The van der Waals surface area contributed by atoms with Gasteiger partial charge in [-0.2, -0.15) is 0 Å². The molecule has 3 fully saturated rings. The summed E-state index contributed by atoms with van der Waals surface area (Å²) in [5, 5.41) is 59.1. The zero-order valence-corrected chi connectivity index (χ0v) is 23.1. The fraction of sp³-hybridized carbons (Fsp3) is 0.600. The highest BCUT2D eigenvalue weighted by atomic mass is 32.2. The molecule has 3 aliphatic rings. The molecule has 228 valence electrons. The average molecular weight is 615 g/mol. The van der Waals surface area contributed by atoms with Crippen LogP contribution in [0.15, 0.2) is 24.5 Å². The second-order valence-corrected chi connectivity index (χ2v) is 11.9. The molecule has 0 aliphatic carbocycles. The lowest BCUT2D eigenvalue weighted by molar-refractivity contribution is -0.198. The van der Waals surface area contributed by atoms with E-state index >= 15 is 0 Å². The number of fused-ring (bicyclic) bond motifs is 1. The van der Waals surface area contributed by atoms with E-state index in [-0.39, 0.29) is 22.9 Å². The van der Waals surface area contributed by atoms with Crippen LogP contribution in [0, 0.1) is 17.5 Å². The molecule has 5 heterocycles. The minimum atomic E-state index is -1.60. The van der Waals surface area contributed by atoms with Crippen LogP contribution in [0.4, 0.5) is 13.2 Å². The van der Waals surface area contributed by atoms with E-state index in [2.05, 4.69) is 20.6 Å². The van der Waals surface area contributed by atoms with Crippen molar-refractivity contribution in [1.29, 1.82) is 0 Å². The van der Waals surface area contributed by atoms with Crippen molar-refractivity contribution in [1.82, 2.24) is 30.0 Å². The highest BCUT2D eigenvalue weighted by molar-refractivity contribution is 7.99. The number of rotatable bonds is 8. The Bertz CT molecular complexity index is 1410. The van der Waals surface area contributed by atoms with Gasteiger partial charge in [0.05, 0.1) is 24.6 Å². The van der Waals surface area contributed by atoms with E-state index in [0.29, 0.717) is 5.69 Å². The molecule has 3 saturated heterocycles. The van der Waals surface area contributed by atoms with Gasteiger partial charge < -0.3 is 34.6 Å². The second kappa shape index (κ2) is 11.5. The number of aliphatic hydroxyl groups is 4. The van der Waals surface area contributed by atoms with Gasteiger partial charge in [-0.05, 0) is 18.1 Å². The Labute approximate surface area is 241 Å². The van der Waals surface area contributed by atoms with Gasteiger partial charge in [0, 0.05) is 17.5 Å². The maximum atomic E-state index is 13.7. The Morgan fingerprint density at radius 1 is 0.881 bits per heavy atom. The number of aliphatic hydroxyl groups excluding tert-OH is 4. The molecule has 0 bridgehead atoms. The zero-order valence-electron chi connectivity index (χ0n) is 22.3. The van der Waals surface area contributed by atoms with Crippen molar-refractivity contribution < 1.29 is 47.8 Å². The number of epoxide rings is 1. The van der Waals surface area contributed by atoms with Crippen molar-refractivity contribution in [3.8, 4) is 11.3 Å². The largest absolute Gasteiger partial charge is 0.394 e. The molecule has 0 radical (unpaired) electrons. The highest BCUT2D eigenvalue weighted by Crippen LogP contribution is 2.46. The van der Waals surface area contributed by atoms with Crippen LogP contribution in [0.3, 0.4) is 0 Å². The second-order valence-electron chi connectivity index (χ2n) is 10.8. The Balaban J connectivity index is 1.16. The smallest absolute Gasteiger partial charge is 0.194 e. The van der Waals surface area contributed by atoms with Gasteiger partial charge in [-0.1, -0.05) is 24.3 Å². The molecule has 2 aromatic heterocycles. The maximum Gasteiger partial charge on any atom is 0.194 e. The van der Waals surface area contributed by atoms with Gasteiger partial charge >= 0.3 is 0 Å². The minimum absolute atomic E-state index is 0.0371. The first-order chi connectivity index (χ1) is 20.1. The van der Waals surface area contributed by atoms with Crippen LogP contribution in [0.5, 0.6) is 0 Å². The summed E-state index contributed by atoms with van der Waals surface area (Å²) in [6, 6.07) is -0.133. The average Bonchev–Trinajstić information content (AvgIpc) is 3.32. The van der Waals surface area contributed by atoms with Gasteiger partial charge in [-0.15, -0.1) is 22.0 Å². The SMILES string of the molecule is CC(C)c1cn(C2C(O)[C@@H](CO)O[C@@H](CS[C@@H]3OC4O[C@@H]4C(n4cc(-c5cc(F)c(F)c(F)c5)nn4)C3O)[C@@H]2O)nn1. The van der Waals surface area contributed by atoms with Gasteiger partial charge in [0.1, 0.15) is 53.7 Å². The van der Waals surface area contributed by atoms with Crippen LogP contribution in [0.2, 0.25) is 0 Å². The van der Waals surface area contributed by atoms with E-state index < -0.39 is 84.5 Å². The van der Waals surface area contributed by atoms with Gasteiger partial charge in [0.15, 0.2) is 23.7 Å². The first-order valence-electron chi connectivity index (χ1n) is 13.3. The highest BCUT2D eigenvalue weighted by Gasteiger charge is 2.58. The molecule has 0 spiro atoms. The first kappa shape index (κ1) is 29.4. The Morgan fingerprint density at radius 3 is 2.21 bits per heavy atom. The molecule has 13 nitrogen and oxygen atoms in total. The molecule has 1 aromatic carbocycles. The Kier molecular flexibility index (Phi) is 8.03. The molecule has 10 atom stereocenters. The molecule has 17 heteroatoms. The molecule has 3 aliphatic heterocycles. The number of benzene rings is 1. The number of halogens is 3. The van der Waals surface area contributed by atoms with Crippen LogP contribution < -0.4 is 0 Å². The summed E-state index contributed by atoms with van der Waals surface area (Å²) in [5.41, 5.74) is -0.188. The monoisotopic (exact) mass is 614 g/mol. The molecule has 5 unspecified atom stereocenters. The summed E-state index contributed by atoms with van der Waals surface area (Å²) in [6.45, 7) is 3.36. The topological polar surface area (TPSA) is 173 Å². The van der Waals surface area contributed by atoms with Gasteiger partial charge in [0.25, 0.3) is 0 Å². The predicted octanol–water partition coefficient (Wildman–Crippen LogP) is 0.516. The molecule has 3 aromatic rings. The quantitative estimate of drug-likeness (QED) is 0.205. The minimum Gasteiger partial charge on any atom is -0.394 e. The summed E-state index contributed by atoms with van der Waals surface area (Å²) in [5.74, 6) is -4.18. The normalized spacial score (nSPS) is 34.5. The lowest BCUT2D eigenvalue weighted by Crippen LogP contribution is -2.57. The van der Waals surface area contributed by atoms with E-state index in [9.17, 15) is 33.6 Å². The Morgan fingerprint density at radius 2 is 1.55 bits per heavy atom. The number of thioether (sulfide) groups is 1. The van der Waals surface area contributed by atoms with E-state index in [0.717, 1.165) is 23.9 Å². The Hall–Kier alpha value is -2.64. The maximum absolute atomic E-state index is 13.7. The van der Waals surface area contributed by atoms with Gasteiger partial charge in [0.2, 0.25) is 0 Å². The van der Waals surface area contributed by atoms with Crippen LogP contribution in [0.25, 0.3) is 11.3 Å². The number of nitrogens with zero attached hydrogens (tertiary/aromatic N) is 6. The van der Waals surface area contributed by atoms with Crippen molar-refractivity contribution >= 4 is 11.8 Å². The van der Waals surface area contributed by atoms with Crippen molar-refractivity contribution in [2.75, 3.05) is 12.4 Å². The zero-order chi connectivity index (χ0) is 29.9. The predicted molar refractivity (Wildman–Crippen MR) is 137 cm³/mol. The number of hydrogen-bond acceptors (Lipinski definition) is 12. The summed E-state index contributed by atoms with van der Waals surface area (Å²) < 4.78 is 60.7. The third kappa shape index (κ3) is 5.32.